The number of carbonyl (C=O) groups is 1. The molecular weight excluding hydrogens is 350 g/mol. The number of carbonyl (C=O) groups excluding carboxylic acids is 1. The highest BCUT2D eigenvalue weighted by molar-refractivity contribution is 6.30. The van der Waals surface area contributed by atoms with Gasteiger partial charge in [0.25, 0.3) is 0 Å². The first kappa shape index (κ1) is 18.9. The molecule has 0 radical (unpaired) electrons. The second kappa shape index (κ2) is 8.23. The number of aromatic nitrogens is 2. The van der Waals surface area contributed by atoms with E-state index in [0.29, 0.717) is 24.6 Å². The second-order valence-electron chi connectivity index (χ2n) is 7.14. The van der Waals surface area contributed by atoms with E-state index in [-0.39, 0.29) is 5.97 Å². The van der Waals surface area contributed by atoms with Crippen molar-refractivity contribution in [3.8, 4) is 0 Å². The molecule has 0 unspecified atom stereocenters. The Balaban J connectivity index is 1.81. The summed E-state index contributed by atoms with van der Waals surface area (Å²) in [5.41, 5.74) is 1.71. The Bertz CT molecular complexity index is 761. The molecule has 0 spiro atoms. The van der Waals surface area contributed by atoms with Crippen LogP contribution < -0.4 is 0 Å². The smallest absolute Gasteiger partial charge is 0.313 e. The normalized spacial score (nSPS) is 20.9. The van der Waals surface area contributed by atoms with Gasteiger partial charge in [0.15, 0.2) is 0 Å². The quantitative estimate of drug-likeness (QED) is 0.725. The lowest BCUT2D eigenvalue weighted by molar-refractivity contribution is -0.159. The van der Waals surface area contributed by atoms with Gasteiger partial charge < -0.3 is 4.74 Å². The summed E-state index contributed by atoms with van der Waals surface area (Å²) in [5.74, 6) is -0.101. The minimum Gasteiger partial charge on any atom is -0.466 e. The van der Waals surface area contributed by atoms with Gasteiger partial charge in [-0.3, -0.25) is 14.4 Å². The van der Waals surface area contributed by atoms with Crippen molar-refractivity contribution >= 4 is 17.6 Å². The van der Waals surface area contributed by atoms with Crippen LogP contribution in [-0.2, 0) is 29.5 Å². The minimum atomic E-state index is -0.527. The van der Waals surface area contributed by atoms with Gasteiger partial charge in [-0.2, -0.15) is 5.10 Å². The summed E-state index contributed by atoms with van der Waals surface area (Å²) in [6, 6.07) is 7.78. The molecule has 1 aromatic carbocycles. The molecule has 0 amide bonds. The highest BCUT2D eigenvalue weighted by Gasteiger charge is 2.43. The average molecular weight is 376 g/mol. The largest absolute Gasteiger partial charge is 0.466 e. The third kappa shape index (κ3) is 4.46. The molecule has 1 saturated heterocycles. The van der Waals surface area contributed by atoms with Gasteiger partial charge in [-0.1, -0.05) is 23.7 Å². The number of hydrogen-bond acceptors (Lipinski definition) is 4. The highest BCUT2D eigenvalue weighted by Crippen LogP contribution is 2.36. The highest BCUT2D eigenvalue weighted by atomic mass is 35.5. The molecule has 0 saturated carbocycles. The maximum Gasteiger partial charge on any atom is 0.313 e. The first-order chi connectivity index (χ1) is 12.5. The maximum atomic E-state index is 12.9. The van der Waals surface area contributed by atoms with Crippen LogP contribution in [0.25, 0.3) is 0 Å². The molecule has 6 heteroatoms. The Hall–Kier alpha value is -1.85. The van der Waals surface area contributed by atoms with Crippen LogP contribution in [0.3, 0.4) is 0 Å². The first-order valence-electron chi connectivity index (χ1n) is 9.12. The molecule has 2 heterocycles. The topological polar surface area (TPSA) is 47.4 Å². The Morgan fingerprint density at radius 1 is 1.38 bits per heavy atom. The van der Waals surface area contributed by atoms with Crippen LogP contribution in [0.5, 0.6) is 0 Å². The lowest BCUT2D eigenvalue weighted by atomic mass is 9.75. The van der Waals surface area contributed by atoms with Crippen LogP contribution in [0.15, 0.2) is 36.7 Å². The number of likely N-dealkylation sites (tertiary alicyclic amines) is 1. The van der Waals surface area contributed by atoms with Crippen molar-refractivity contribution in [1.82, 2.24) is 14.7 Å². The van der Waals surface area contributed by atoms with E-state index in [2.05, 4.69) is 10.00 Å². The molecule has 1 fully saturated rings. The fourth-order valence-corrected chi connectivity index (χ4v) is 4.09. The van der Waals surface area contributed by atoms with E-state index in [4.69, 9.17) is 16.3 Å². The summed E-state index contributed by atoms with van der Waals surface area (Å²) in [6.45, 7) is 4.73. The van der Waals surface area contributed by atoms with Crippen LogP contribution in [0, 0.1) is 5.41 Å². The van der Waals surface area contributed by atoms with Gasteiger partial charge in [-0.15, -0.1) is 0 Å². The van der Waals surface area contributed by atoms with E-state index in [0.717, 1.165) is 37.1 Å². The summed E-state index contributed by atoms with van der Waals surface area (Å²) in [5, 5.41) is 4.94. The number of rotatable bonds is 6. The van der Waals surface area contributed by atoms with E-state index >= 15 is 0 Å². The van der Waals surface area contributed by atoms with Crippen molar-refractivity contribution < 1.29 is 9.53 Å². The van der Waals surface area contributed by atoms with Crippen LogP contribution in [-0.4, -0.2) is 40.3 Å². The molecule has 1 aliphatic rings. The third-order valence-electron chi connectivity index (χ3n) is 4.96. The summed E-state index contributed by atoms with van der Waals surface area (Å²) >= 11 is 6.15. The zero-order valence-electron chi connectivity index (χ0n) is 15.4. The van der Waals surface area contributed by atoms with Gasteiger partial charge >= 0.3 is 5.97 Å². The van der Waals surface area contributed by atoms with Crippen LogP contribution in [0.4, 0.5) is 0 Å². The van der Waals surface area contributed by atoms with Gasteiger partial charge in [0.2, 0.25) is 0 Å². The molecule has 1 aromatic heterocycles. The molecular formula is C20H26ClN3O2. The molecule has 0 bridgehead atoms. The molecule has 0 N–H and O–H groups in total. The fraction of sp³-hybridized carbons (Fsp3) is 0.500. The minimum absolute atomic E-state index is 0.101. The predicted octanol–water partition coefficient (Wildman–Crippen LogP) is 3.46. The van der Waals surface area contributed by atoms with Gasteiger partial charge in [-0.25, -0.2) is 0 Å². The van der Waals surface area contributed by atoms with Crippen molar-refractivity contribution in [2.24, 2.45) is 12.5 Å². The van der Waals surface area contributed by atoms with E-state index in [9.17, 15) is 4.79 Å². The van der Waals surface area contributed by atoms with Gasteiger partial charge in [0.05, 0.1) is 18.2 Å². The van der Waals surface area contributed by atoms with Gasteiger partial charge in [0.1, 0.15) is 0 Å². The van der Waals surface area contributed by atoms with Crippen molar-refractivity contribution in [1.29, 1.82) is 0 Å². The van der Waals surface area contributed by atoms with Crippen molar-refractivity contribution in [3.05, 3.63) is 52.8 Å². The zero-order chi connectivity index (χ0) is 18.6. The van der Waals surface area contributed by atoms with Gasteiger partial charge in [-0.05, 0) is 50.4 Å². The van der Waals surface area contributed by atoms with Crippen molar-refractivity contribution in [2.75, 3.05) is 19.7 Å². The fourth-order valence-electron chi connectivity index (χ4n) is 3.88. The van der Waals surface area contributed by atoms with Crippen molar-refractivity contribution in [3.63, 3.8) is 0 Å². The summed E-state index contributed by atoms with van der Waals surface area (Å²) in [4.78, 5) is 15.2. The van der Waals surface area contributed by atoms with E-state index in [1.54, 1.807) is 0 Å². The summed E-state index contributed by atoms with van der Waals surface area (Å²) in [7, 11) is 1.92. The molecule has 140 valence electrons. The number of aryl methyl sites for hydroxylation is 1. The SMILES string of the molecule is CCOC(=O)[C@]1(Cc2cccc(Cl)c2)CCCN(Cc2cnn(C)c2)C1. The second-order valence-corrected chi connectivity index (χ2v) is 7.58. The van der Waals surface area contributed by atoms with Crippen LogP contribution in [0.1, 0.15) is 30.9 Å². The monoisotopic (exact) mass is 375 g/mol. The molecule has 1 atom stereocenters. The molecule has 1 aliphatic heterocycles. The number of ether oxygens (including phenoxy) is 1. The van der Waals surface area contributed by atoms with Crippen LogP contribution in [0.2, 0.25) is 5.02 Å². The number of benzene rings is 1. The first-order valence-corrected chi connectivity index (χ1v) is 9.50. The molecule has 26 heavy (non-hydrogen) atoms. The zero-order valence-corrected chi connectivity index (χ0v) is 16.2. The predicted molar refractivity (Wildman–Crippen MR) is 102 cm³/mol. The third-order valence-corrected chi connectivity index (χ3v) is 5.20. The van der Waals surface area contributed by atoms with E-state index in [1.165, 1.54) is 0 Å². The van der Waals surface area contributed by atoms with E-state index < -0.39 is 5.41 Å². The Kier molecular flexibility index (Phi) is 5.99. The summed E-state index contributed by atoms with van der Waals surface area (Å²) < 4.78 is 7.28. The Morgan fingerprint density at radius 3 is 2.92 bits per heavy atom. The molecule has 2 aromatic rings. The average Bonchev–Trinajstić information content (AvgIpc) is 3.00. The number of nitrogens with zero attached hydrogens (tertiary/aromatic N) is 3. The molecule has 3 rings (SSSR count). The van der Waals surface area contributed by atoms with Gasteiger partial charge in [0, 0.05) is 36.9 Å². The number of halogens is 1. The Labute approximate surface area is 159 Å². The molecule has 0 aliphatic carbocycles. The lowest BCUT2D eigenvalue weighted by Gasteiger charge is -2.41. The number of piperidine rings is 1. The number of esters is 1. The van der Waals surface area contributed by atoms with E-state index in [1.807, 2.05) is 55.3 Å². The Morgan fingerprint density at radius 2 is 2.23 bits per heavy atom. The standard InChI is InChI=1S/C20H26ClN3O2/c1-3-26-19(25)20(11-16-6-4-7-18(21)10-16)8-5-9-24(15-20)14-17-12-22-23(2)13-17/h4,6-7,10,12-13H,3,5,8-9,11,14-15H2,1-2H3/t20-/m0/s1. The number of hydrogen-bond donors (Lipinski definition) is 0. The van der Waals surface area contributed by atoms with Crippen LogP contribution >= 0.6 is 11.6 Å². The lowest BCUT2D eigenvalue weighted by Crippen LogP contribution is -2.49. The maximum absolute atomic E-state index is 12.9. The summed E-state index contributed by atoms with van der Waals surface area (Å²) in [6.07, 6.45) is 6.37. The van der Waals surface area contributed by atoms with Crippen molar-refractivity contribution in [2.45, 2.75) is 32.7 Å². The molecule has 5 nitrogen and oxygen atoms in total.